The predicted molar refractivity (Wildman–Crippen MR) is 79.4 cm³/mol. The van der Waals surface area contributed by atoms with Crippen molar-refractivity contribution in [2.24, 2.45) is 7.05 Å². The van der Waals surface area contributed by atoms with Crippen molar-refractivity contribution in [3.8, 4) is 0 Å². The van der Waals surface area contributed by atoms with Crippen LogP contribution in [0.2, 0.25) is 0 Å². The monoisotopic (exact) mass is 271 g/mol. The van der Waals surface area contributed by atoms with Crippen LogP contribution in [0.25, 0.3) is 0 Å². The van der Waals surface area contributed by atoms with Crippen molar-refractivity contribution in [1.29, 1.82) is 0 Å². The van der Waals surface area contributed by atoms with Gasteiger partial charge in [-0.2, -0.15) is 5.10 Å². The molecule has 0 saturated carbocycles. The standard InChI is InChI=1S/C15H21N5/c1-19-12-17-15(18-19)11-16-10-13-4-6-14(7-5-13)20-8-2-3-9-20/h4-7,12,16H,2-3,8-11H2,1H3. The summed E-state index contributed by atoms with van der Waals surface area (Å²) in [5, 5.41) is 7.61. The van der Waals surface area contributed by atoms with E-state index in [9.17, 15) is 0 Å². The number of hydrogen-bond donors (Lipinski definition) is 1. The molecule has 0 unspecified atom stereocenters. The molecule has 0 atom stereocenters. The Morgan fingerprint density at radius 2 is 1.85 bits per heavy atom. The van der Waals surface area contributed by atoms with E-state index in [0.29, 0.717) is 6.54 Å². The summed E-state index contributed by atoms with van der Waals surface area (Å²) in [6, 6.07) is 8.85. The van der Waals surface area contributed by atoms with Crippen LogP contribution in [0.3, 0.4) is 0 Å². The van der Waals surface area contributed by atoms with Crippen LogP contribution in [0.4, 0.5) is 5.69 Å². The molecule has 5 nitrogen and oxygen atoms in total. The first-order chi connectivity index (χ1) is 9.81. The van der Waals surface area contributed by atoms with Crippen molar-refractivity contribution < 1.29 is 0 Å². The van der Waals surface area contributed by atoms with Crippen LogP contribution in [-0.2, 0) is 20.1 Å². The first-order valence-corrected chi connectivity index (χ1v) is 7.20. The third-order valence-electron chi connectivity index (χ3n) is 3.67. The lowest BCUT2D eigenvalue weighted by Gasteiger charge is -2.17. The molecule has 106 valence electrons. The molecule has 1 fully saturated rings. The van der Waals surface area contributed by atoms with E-state index >= 15 is 0 Å². The highest BCUT2D eigenvalue weighted by Gasteiger charge is 2.11. The summed E-state index contributed by atoms with van der Waals surface area (Å²) in [5.41, 5.74) is 2.64. The molecule has 2 aromatic rings. The van der Waals surface area contributed by atoms with Gasteiger partial charge in [-0.1, -0.05) is 12.1 Å². The van der Waals surface area contributed by atoms with Gasteiger partial charge in [-0.15, -0.1) is 0 Å². The van der Waals surface area contributed by atoms with Gasteiger partial charge in [0.2, 0.25) is 0 Å². The van der Waals surface area contributed by atoms with E-state index in [0.717, 1.165) is 12.4 Å². The molecular weight excluding hydrogens is 250 g/mol. The SMILES string of the molecule is Cn1cnc(CNCc2ccc(N3CCCC3)cc2)n1. The average molecular weight is 271 g/mol. The maximum Gasteiger partial charge on any atom is 0.164 e. The van der Waals surface area contributed by atoms with Gasteiger partial charge >= 0.3 is 0 Å². The zero-order valence-corrected chi connectivity index (χ0v) is 11.9. The Balaban J connectivity index is 1.50. The molecule has 1 aromatic heterocycles. The Kier molecular flexibility index (Phi) is 3.97. The molecule has 2 heterocycles. The highest BCUT2D eigenvalue weighted by Crippen LogP contribution is 2.20. The highest BCUT2D eigenvalue weighted by molar-refractivity contribution is 5.48. The Hall–Kier alpha value is -1.88. The fourth-order valence-electron chi connectivity index (χ4n) is 2.58. The second kappa shape index (κ2) is 6.05. The van der Waals surface area contributed by atoms with Gasteiger partial charge in [0.1, 0.15) is 6.33 Å². The summed E-state index contributed by atoms with van der Waals surface area (Å²) in [6.07, 6.45) is 4.36. The van der Waals surface area contributed by atoms with Crippen molar-refractivity contribution in [3.63, 3.8) is 0 Å². The van der Waals surface area contributed by atoms with E-state index in [2.05, 4.69) is 44.6 Å². The van der Waals surface area contributed by atoms with Gasteiger partial charge in [-0.3, -0.25) is 4.68 Å². The van der Waals surface area contributed by atoms with Crippen LogP contribution in [0.5, 0.6) is 0 Å². The smallest absolute Gasteiger partial charge is 0.164 e. The molecule has 1 aromatic carbocycles. The lowest BCUT2D eigenvalue weighted by Crippen LogP contribution is -2.18. The van der Waals surface area contributed by atoms with Crippen molar-refractivity contribution >= 4 is 5.69 Å². The number of hydrogen-bond acceptors (Lipinski definition) is 4. The molecule has 1 saturated heterocycles. The Labute approximate surface area is 119 Å². The Morgan fingerprint density at radius 1 is 1.10 bits per heavy atom. The van der Waals surface area contributed by atoms with E-state index in [4.69, 9.17) is 0 Å². The summed E-state index contributed by atoms with van der Waals surface area (Å²) in [5.74, 6) is 0.834. The van der Waals surface area contributed by atoms with Gasteiger partial charge in [0.25, 0.3) is 0 Å². The fourth-order valence-corrected chi connectivity index (χ4v) is 2.58. The second-order valence-corrected chi connectivity index (χ2v) is 5.30. The molecule has 1 aliphatic heterocycles. The van der Waals surface area contributed by atoms with Crippen LogP contribution in [0.15, 0.2) is 30.6 Å². The number of benzene rings is 1. The van der Waals surface area contributed by atoms with Crippen LogP contribution >= 0.6 is 0 Å². The number of nitrogens with one attached hydrogen (secondary N) is 1. The minimum atomic E-state index is 0.703. The summed E-state index contributed by atoms with van der Waals surface area (Å²) < 4.78 is 1.72. The minimum Gasteiger partial charge on any atom is -0.372 e. The van der Waals surface area contributed by atoms with E-state index in [1.54, 1.807) is 11.0 Å². The van der Waals surface area contributed by atoms with Gasteiger partial charge in [0.15, 0.2) is 5.82 Å². The number of aryl methyl sites for hydroxylation is 1. The van der Waals surface area contributed by atoms with E-state index < -0.39 is 0 Å². The van der Waals surface area contributed by atoms with Gasteiger partial charge in [-0.05, 0) is 30.5 Å². The van der Waals surface area contributed by atoms with E-state index in [1.807, 2.05) is 7.05 Å². The molecule has 5 heteroatoms. The quantitative estimate of drug-likeness (QED) is 0.899. The summed E-state index contributed by atoms with van der Waals surface area (Å²) >= 11 is 0. The van der Waals surface area contributed by atoms with Crippen molar-refractivity contribution in [2.45, 2.75) is 25.9 Å². The minimum absolute atomic E-state index is 0.703. The molecular formula is C15H21N5. The van der Waals surface area contributed by atoms with Gasteiger partial charge < -0.3 is 10.2 Å². The van der Waals surface area contributed by atoms with Gasteiger partial charge in [0, 0.05) is 32.4 Å². The topological polar surface area (TPSA) is 46.0 Å². The zero-order valence-electron chi connectivity index (χ0n) is 11.9. The normalized spacial score (nSPS) is 14.9. The van der Waals surface area contributed by atoms with E-state index in [1.165, 1.54) is 37.2 Å². The van der Waals surface area contributed by atoms with Crippen molar-refractivity contribution in [3.05, 3.63) is 42.0 Å². The number of aromatic nitrogens is 3. The maximum atomic E-state index is 4.24. The van der Waals surface area contributed by atoms with Crippen LogP contribution < -0.4 is 10.2 Å². The predicted octanol–water partition coefficient (Wildman–Crippen LogP) is 1.71. The summed E-state index contributed by atoms with van der Waals surface area (Å²) in [6.45, 7) is 3.94. The molecule has 0 spiro atoms. The maximum absolute atomic E-state index is 4.24. The molecule has 1 N–H and O–H groups in total. The molecule has 0 radical (unpaired) electrons. The zero-order chi connectivity index (χ0) is 13.8. The van der Waals surface area contributed by atoms with Crippen LogP contribution in [0.1, 0.15) is 24.2 Å². The van der Waals surface area contributed by atoms with Crippen LogP contribution in [0, 0.1) is 0 Å². The summed E-state index contributed by atoms with van der Waals surface area (Å²) in [7, 11) is 1.88. The summed E-state index contributed by atoms with van der Waals surface area (Å²) in [4.78, 5) is 6.65. The third-order valence-corrected chi connectivity index (χ3v) is 3.67. The third kappa shape index (κ3) is 3.17. The largest absolute Gasteiger partial charge is 0.372 e. The second-order valence-electron chi connectivity index (χ2n) is 5.30. The molecule has 0 amide bonds. The highest BCUT2D eigenvalue weighted by atomic mass is 15.3. The number of nitrogens with zero attached hydrogens (tertiary/aromatic N) is 4. The van der Waals surface area contributed by atoms with Crippen molar-refractivity contribution in [1.82, 2.24) is 20.1 Å². The Morgan fingerprint density at radius 3 is 2.50 bits per heavy atom. The lowest BCUT2D eigenvalue weighted by molar-refractivity contribution is 0.649. The fraction of sp³-hybridized carbons (Fsp3) is 0.467. The number of rotatable bonds is 5. The van der Waals surface area contributed by atoms with Gasteiger partial charge in [0.05, 0.1) is 6.54 Å². The number of anilines is 1. The van der Waals surface area contributed by atoms with Crippen molar-refractivity contribution in [2.75, 3.05) is 18.0 Å². The molecule has 0 aliphatic carbocycles. The molecule has 1 aliphatic rings. The molecule has 3 rings (SSSR count). The lowest BCUT2D eigenvalue weighted by atomic mass is 10.2. The Bertz CT molecular complexity index is 540. The molecule has 0 bridgehead atoms. The van der Waals surface area contributed by atoms with E-state index in [-0.39, 0.29) is 0 Å². The molecule has 20 heavy (non-hydrogen) atoms. The first kappa shape index (κ1) is 13.1. The average Bonchev–Trinajstić information content (AvgIpc) is 3.11. The van der Waals surface area contributed by atoms with Gasteiger partial charge in [-0.25, -0.2) is 4.98 Å². The van der Waals surface area contributed by atoms with Crippen LogP contribution in [-0.4, -0.2) is 27.9 Å². The first-order valence-electron chi connectivity index (χ1n) is 7.20.